The van der Waals surface area contributed by atoms with Crippen LogP contribution in [0.2, 0.25) is 0 Å². The molecule has 3 heteroatoms. The third-order valence-corrected chi connectivity index (χ3v) is 4.53. The van der Waals surface area contributed by atoms with E-state index < -0.39 is 0 Å². The third-order valence-electron chi connectivity index (χ3n) is 4.53. The molecule has 3 N–H and O–H groups in total. The van der Waals surface area contributed by atoms with Crippen molar-refractivity contribution in [3.8, 4) is 0 Å². The van der Waals surface area contributed by atoms with Gasteiger partial charge in [-0.3, -0.25) is 4.79 Å². The van der Waals surface area contributed by atoms with Gasteiger partial charge < -0.3 is 11.1 Å². The van der Waals surface area contributed by atoms with Crippen molar-refractivity contribution >= 4 is 5.91 Å². The molecule has 0 radical (unpaired) electrons. The maximum atomic E-state index is 11.7. The van der Waals surface area contributed by atoms with Crippen LogP contribution in [0.5, 0.6) is 0 Å². The number of rotatable bonds is 5. The van der Waals surface area contributed by atoms with Crippen LogP contribution in [0.25, 0.3) is 0 Å². The average molecular weight is 238 g/mol. The van der Waals surface area contributed by atoms with Crippen LogP contribution in [0.4, 0.5) is 0 Å². The first-order valence-electron chi connectivity index (χ1n) is 7.11. The van der Waals surface area contributed by atoms with Crippen molar-refractivity contribution in [1.29, 1.82) is 0 Å². The van der Waals surface area contributed by atoms with Crippen molar-refractivity contribution in [3.05, 3.63) is 0 Å². The summed E-state index contributed by atoms with van der Waals surface area (Å²) in [7, 11) is 0. The summed E-state index contributed by atoms with van der Waals surface area (Å²) in [4.78, 5) is 11.7. The van der Waals surface area contributed by atoms with E-state index in [4.69, 9.17) is 5.73 Å². The minimum Gasteiger partial charge on any atom is -0.356 e. The van der Waals surface area contributed by atoms with Gasteiger partial charge in [-0.1, -0.05) is 26.2 Å². The highest BCUT2D eigenvalue weighted by atomic mass is 16.2. The first-order chi connectivity index (χ1) is 8.04. The number of amides is 1. The molecule has 2 aliphatic carbocycles. The van der Waals surface area contributed by atoms with Gasteiger partial charge in [-0.2, -0.15) is 0 Å². The molecular formula is C14H26N2O. The molecule has 0 spiro atoms. The molecule has 17 heavy (non-hydrogen) atoms. The van der Waals surface area contributed by atoms with E-state index in [1.165, 1.54) is 32.1 Å². The molecule has 1 amide bonds. The number of nitrogens with one attached hydrogen (secondary N) is 1. The predicted molar refractivity (Wildman–Crippen MR) is 69.6 cm³/mol. The predicted octanol–water partition coefficient (Wildman–Crippen LogP) is 2.34. The Bertz CT molecular complexity index is 278. The fourth-order valence-electron chi connectivity index (χ4n) is 2.78. The highest BCUT2D eigenvalue weighted by Crippen LogP contribution is 2.44. The van der Waals surface area contributed by atoms with Gasteiger partial charge in [-0.15, -0.1) is 0 Å². The van der Waals surface area contributed by atoms with Crippen LogP contribution in [0.1, 0.15) is 64.7 Å². The van der Waals surface area contributed by atoms with Gasteiger partial charge in [0.25, 0.3) is 0 Å². The summed E-state index contributed by atoms with van der Waals surface area (Å²) in [6, 6.07) is 0. The molecule has 0 bridgehead atoms. The zero-order valence-electron chi connectivity index (χ0n) is 11.1. The summed E-state index contributed by atoms with van der Waals surface area (Å²) in [5.41, 5.74) is 6.39. The van der Waals surface area contributed by atoms with Crippen molar-refractivity contribution in [2.75, 3.05) is 6.54 Å². The van der Waals surface area contributed by atoms with E-state index in [-0.39, 0.29) is 16.9 Å². The first-order valence-corrected chi connectivity index (χ1v) is 7.11. The lowest BCUT2D eigenvalue weighted by molar-refractivity contribution is -0.125. The van der Waals surface area contributed by atoms with Crippen LogP contribution in [0, 0.1) is 5.41 Å². The van der Waals surface area contributed by atoms with Crippen molar-refractivity contribution in [2.24, 2.45) is 11.1 Å². The lowest BCUT2D eigenvalue weighted by atomic mass is 9.79. The minimum absolute atomic E-state index is 0.0365. The van der Waals surface area contributed by atoms with Gasteiger partial charge in [0.05, 0.1) is 0 Å². The van der Waals surface area contributed by atoms with E-state index in [1.54, 1.807) is 0 Å². The molecule has 0 saturated heterocycles. The van der Waals surface area contributed by atoms with Crippen molar-refractivity contribution in [2.45, 2.75) is 70.3 Å². The monoisotopic (exact) mass is 238 g/mol. The normalized spacial score (nSPS) is 25.3. The maximum absolute atomic E-state index is 11.7. The molecule has 0 aromatic heterocycles. The Kier molecular flexibility index (Phi) is 3.76. The van der Waals surface area contributed by atoms with Crippen molar-refractivity contribution < 1.29 is 4.79 Å². The van der Waals surface area contributed by atoms with Crippen molar-refractivity contribution in [1.82, 2.24) is 5.32 Å². The van der Waals surface area contributed by atoms with Gasteiger partial charge in [0.1, 0.15) is 0 Å². The van der Waals surface area contributed by atoms with E-state index in [0.717, 1.165) is 32.2 Å². The second-order valence-corrected chi connectivity index (χ2v) is 6.34. The average Bonchev–Trinajstić information content (AvgIpc) is 3.05. The molecule has 2 aliphatic rings. The quantitative estimate of drug-likeness (QED) is 0.722. The fraction of sp³-hybridized carbons (Fsp3) is 0.929. The van der Waals surface area contributed by atoms with Crippen LogP contribution in [0.3, 0.4) is 0 Å². The molecular weight excluding hydrogens is 212 g/mol. The second kappa shape index (κ2) is 4.97. The SMILES string of the molecule is CC1(C(=O)NCCCC2(N)CCCCC2)CC1. The van der Waals surface area contributed by atoms with Crippen LogP contribution in [-0.4, -0.2) is 18.0 Å². The minimum atomic E-state index is -0.0365. The molecule has 0 aromatic carbocycles. The van der Waals surface area contributed by atoms with E-state index in [1.807, 2.05) is 6.92 Å². The topological polar surface area (TPSA) is 55.1 Å². The largest absolute Gasteiger partial charge is 0.356 e. The number of hydrogen-bond donors (Lipinski definition) is 2. The number of carbonyl (C=O) groups excluding carboxylic acids is 1. The molecule has 2 fully saturated rings. The zero-order valence-corrected chi connectivity index (χ0v) is 11.1. The van der Waals surface area contributed by atoms with Crippen LogP contribution in [-0.2, 0) is 4.79 Å². The Hall–Kier alpha value is -0.570. The summed E-state index contributed by atoms with van der Waals surface area (Å²) < 4.78 is 0. The van der Waals surface area contributed by atoms with E-state index in [0.29, 0.717) is 0 Å². The van der Waals surface area contributed by atoms with Crippen molar-refractivity contribution in [3.63, 3.8) is 0 Å². The number of carbonyl (C=O) groups is 1. The van der Waals surface area contributed by atoms with Gasteiger partial charge in [0.2, 0.25) is 5.91 Å². The highest BCUT2D eigenvalue weighted by molar-refractivity contribution is 5.84. The lowest BCUT2D eigenvalue weighted by Gasteiger charge is -2.33. The van der Waals surface area contributed by atoms with Crippen LogP contribution < -0.4 is 11.1 Å². The Morgan fingerprint density at radius 1 is 1.18 bits per heavy atom. The number of hydrogen-bond acceptors (Lipinski definition) is 2. The highest BCUT2D eigenvalue weighted by Gasteiger charge is 2.44. The van der Waals surface area contributed by atoms with Gasteiger partial charge in [-0.25, -0.2) is 0 Å². The summed E-state index contributed by atoms with van der Waals surface area (Å²) in [6.45, 7) is 2.85. The van der Waals surface area contributed by atoms with E-state index >= 15 is 0 Å². The van der Waals surface area contributed by atoms with Gasteiger partial charge >= 0.3 is 0 Å². The lowest BCUT2D eigenvalue weighted by Crippen LogP contribution is -2.42. The second-order valence-electron chi connectivity index (χ2n) is 6.34. The Morgan fingerprint density at radius 2 is 1.82 bits per heavy atom. The smallest absolute Gasteiger partial charge is 0.225 e. The van der Waals surface area contributed by atoms with Gasteiger partial charge in [-0.05, 0) is 38.5 Å². The molecule has 0 aromatic rings. The van der Waals surface area contributed by atoms with E-state index in [2.05, 4.69) is 5.32 Å². The van der Waals surface area contributed by atoms with Crippen LogP contribution in [0.15, 0.2) is 0 Å². The summed E-state index contributed by atoms with van der Waals surface area (Å²) >= 11 is 0. The Balaban J connectivity index is 1.61. The molecule has 0 unspecified atom stereocenters. The third kappa shape index (κ3) is 3.44. The summed E-state index contributed by atoms with van der Waals surface area (Å²) in [5.74, 6) is 0.243. The fourth-order valence-corrected chi connectivity index (χ4v) is 2.78. The maximum Gasteiger partial charge on any atom is 0.225 e. The Morgan fingerprint density at radius 3 is 2.41 bits per heavy atom. The molecule has 0 heterocycles. The Labute approximate surface area is 105 Å². The molecule has 2 saturated carbocycles. The molecule has 0 aliphatic heterocycles. The summed E-state index contributed by atoms with van der Waals surface area (Å²) in [5, 5.41) is 3.05. The standard InChI is InChI=1S/C14H26N2O/c1-13(9-10-13)12(17)16-11-5-8-14(15)6-3-2-4-7-14/h2-11,15H2,1H3,(H,16,17). The molecule has 2 rings (SSSR count). The van der Waals surface area contributed by atoms with Gasteiger partial charge in [0, 0.05) is 17.5 Å². The summed E-state index contributed by atoms with van der Waals surface area (Å²) in [6.07, 6.45) is 10.4. The first kappa shape index (κ1) is 12.9. The van der Waals surface area contributed by atoms with E-state index in [9.17, 15) is 4.79 Å². The molecule has 3 nitrogen and oxygen atoms in total. The van der Waals surface area contributed by atoms with Crippen LogP contribution >= 0.6 is 0 Å². The molecule has 0 atom stereocenters. The molecule has 98 valence electrons. The van der Waals surface area contributed by atoms with Gasteiger partial charge in [0.15, 0.2) is 0 Å². The number of nitrogens with two attached hydrogens (primary N) is 1. The zero-order chi connectivity index (χ0) is 12.4.